The molecule has 3 nitrogen and oxygen atoms in total. The number of halogens is 1. The standard InChI is InChI=1S/C16H13FN2O/c17-13-5-6-16(20)12(7-13)9-18-14-8-11-3-1-2-4-15(11)19-10-14/h1-8,10,18,20H,9H2. The van der Waals surface area contributed by atoms with Gasteiger partial charge in [0.15, 0.2) is 0 Å². The molecule has 100 valence electrons. The highest BCUT2D eigenvalue weighted by atomic mass is 19.1. The maximum atomic E-state index is 13.1. The molecular weight excluding hydrogens is 255 g/mol. The van der Waals surface area contributed by atoms with E-state index >= 15 is 0 Å². The van der Waals surface area contributed by atoms with Gasteiger partial charge >= 0.3 is 0 Å². The molecule has 0 bridgehead atoms. The molecule has 0 spiro atoms. The van der Waals surface area contributed by atoms with Gasteiger partial charge in [0.1, 0.15) is 11.6 Å². The number of fused-ring (bicyclic) bond motifs is 1. The van der Waals surface area contributed by atoms with Crippen molar-refractivity contribution in [2.45, 2.75) is 6.54 Å². The Bertz CT molecular complexity index is 758. The summed E-state index contributed by atoms with van der Waals surface area (Å²) in [7, 11) is 0. The second kappa shape index (κ2) is 5.17. The van der Waals surface area contributed by atoms with Crippen LogP contribution in [-0.4, -0.2) is 10.1 Å². The minimum atomic E-state index is -0.365. The van der Waals surface area contributed by atoms with Crippen LogP contribution in [0.3, 0.4) is 0 Å². The zero-order valence-corrected chi connectivity index (χ0v) is 10.7. The van der Waals surface area contributed by atoms with Gasteiger partial charge in [0.05, 0.1) is 17.4 Å². The first kappa shape index (κ1) is 12.4. The predicted molar refractivity (Wildman–Crippen MR) is 77.1 cm³/mol. The van der Waals surface area contributed by atoms with Crippen molar-refractivity contribution >= 4 is 16.6 Å². The number of nitrogens with one attached hydrogen (secondary N) is 1. The molecule has 0 unspecified atom stereocenters. The Morgan fingerprint density at radius 1 is 1.10 bits per heavy atom. The van der Waals surface area contributed by atoms with Gasteiger partial charge in [-0.1, -0.05) is 18.2 Å². The molecule has 20 heavy (non-hydrogen) atoms. The Morgan fingerprint density at radius 3 is 2.85 bits per heavy atom. The van der Waals surface area contributed by atoms with Crippen LogP contribution in [0.15, 0.2) is 54.7 Å². The normalized spacial score (nSPS) is 10.7. The monoisotopic (exact) mass is 268 g/mol. The molecule has 0 radical (unpaired) electrons. The number of anilines is 1. The third-order valence-corrected chi connectivity index (χ3v) is 3.11. The predicted octanol–water partition coefficient (Wildman–Crippen LogP) is 3.69. The summed E-state index contributed by atoms with van der Waals surface area (Å²) in [4.78, 5) is 4.33. The van der Waals surface area contributed by atoms with Crippen molar-refractivity contribution in [2.75, 3.05) is 5.32 Å². The average Bonchev–Trinajstić information content (AvgIpc) is 2.48. The summed E-state index contributed by atoms with van der Waals surface area (Å²) in [5.74, 6) is -0.288. The van der Waals surface area contributed by atoms with Crippen molar-refractivity contribution < 1.29 is 9.50 Å². The minimum absolute atomic E-state index is 0.0765. The summed E-state index contributed by atoms with van der Waals surface area (Å²) in [5.41, 5.74) is 2.26. The largest absolute Gasteiger partial charge is 0.508 e. The fourth-order valence-corrected chi connectivity index (χ4v) is 2.06. The number of rotatable bonds is 3. The number of phenolic OH excluding ortho intramolecular Hbond substituents is 1. The van der Waals surface area contributed by atoms with E-state index < -0.39 is 0 Å². The molecule has 4 heteroatoms. The van der Waals surface area contributed by atoms with Crippen molar-refractivity contribution in [3.8, 4) is 5.75 Å². The van der Waals surface area contributed by atoms with Crippen molar-refractivity contribution in [3.63, 3.8) is 0 Å². The van der Waals surface area contributed by atoms with Crippen LogP contribution in [-0.2, 0) is 6.54 Å². The van der Waals surface area contributed by atoms with Crippen LogP contribution >= 0.6 is 0 Å². The molecule has 0 saturated heterocycles. The fraction of sp³-hybridized carbons (Fsp3) is 0.0625. The molecule has 0 saturated carbocycles. The van der Waals surface area contributed by atoms with Gasteiger partial charge in [-0.2, -0.15) is 0 Å². The SMILES string of the molecule is Oc1ccc(F)cc1CNc1cnc2ccccc2c1. The second-order valence-corrected chi connectivity index (χ2v) is 4.54. The molecule has 0 fully saturated rings. The van der Waals surface area contributed by atoms with Crippen LogP contribution in [0.25, 0.3) is 10.9 Å². The molecule has 3 aromatic rings. The van der Waals surface area contributed by atoms with Crippen LogP contribution in [0.2, 0.25) is 0 Å². The van der Waals surface area contributed by atoms with E-state index in [1.54, 1.807) is 6.20 Å². The lowest BCUT2D eigenvalue weighted by molar-refractivity contribution is 0.466. The quantitative estimate of drug-likeness (QED) is 0.761. The Labute approximate surface area is 115 Å². The highest BCUT2D eigenvalue weighted by molar-refractivity contribution is 5.81. The van der Waals surface area contributed by atoms with E-state index in [-0.39, 0.29) is 11.6 Å². The molecule has 0 aliphatic heterocycles. The highest BCUT2D eigenvalue weighted by Crippen LogP contribution is 2.21. The number of aromatic hydroxyl groups is 1. The number of phenols is 1. The van der Waals surface area contributed by atoms with Gasteiger partial charge in [0, 0.05) is 17.5 Å². The van der Waals surface area contributed by atoms with Crippen molar-refractivity contribution in [3.05, 3.63) is 66.1 Å². The third kappa shape index (κ3) is 2.54. The zero-order valence-electron chi connectivity index (χ0n) is 10.7. The summed E-state index contributed by atoms with van der Waals surface area (Å²) in [6.07, 6.45) is 1.72. The minimum Gasteiger partial charge on any atom is -0.508 e. The smallest absolute Gasteiger partial charge is 0.123 e. The molecule has 0 aliphatic carbocycles. The van der Waals surface area contributed by atoms with Gasteiger partial charge < -0.3 is 10.4 Å². The van der Waals surface area contributed by atoms with E-state index in [2.05, 4.69) is 10.3 Å². The zero-order chi connectivity index (χ0) is 13.9. The number of nitrogens with zero attached hydrogens (tertiary/aromatic N) is 1. The summed E-state index contributed by atoms with van der Waals surface area (Å²) in [6, 6.07) is 13.7. The third-order valence-electron chi connectivity index (χ3n) is 3.11. The van der Waals surface area contributed by atoms with Crippen LogP contribution < -0.4 is 5.32 Å². The number of hydrogen-bond acceptors (Lipinski definition) is 3. The second-order valence-electron chi connectivity index (χ2n) is 4.54. The molecule has 0 amide bonds. The lowest BCUT2D eigenvalue weighted by Crippen LogP contribution is -2.00. The van der Waals surface area contributed by atoms with E-state index in [9.17, 15) is 9.50 Å². The Morgan fingerprint density at radius 2 is 1.95 bits per heavy atom. The van der Waals surface area contributed by atoms with Crippen molar-refractivity contribution in [1.29, 1.82) is 0 Å². The molecule has 2 aromatic carbocycles. The highest BCUT2D eigenvalue weighted by Gasteiger charge is 2.03. The Kier molecular flexibility index (Phi) is 3.21. The number of hydrogen-bond donors (Lipinski definition) is 2. The van der Waals surface area contributed by atoms with E-state index in [1.807, 2.05) is 30.3 Å². The summed E-state index contributed by atoms with van der Waals surface area (Å²) in [6.45, 7) is 0.337. The first-order valence-electron chi connectivity index (χ1n) is 6.28. The van der Waals surface area contributed by atoms with Gasteiger partial charge in [-0.25, -0.2) is 4.39 Å². The number of pyridine rings is 1. The lowest BCUT2D eigenvalue weighted by Gasteiger charge is -2.09. The van der Waals surface area contributed by atoms with Crippen LogP contribution in [0.1, 0.15) is 5.56 Å². The Balaban J connectivity index is 1.81. The molecule has 0 atom stereocenters. The van der Waals surface area contributed by atoms with Gasteiger partial charge in [0.25, 0.3) is 0 Å². The number of benzene rings is 2. The maximum Gasteiger partial charge on any atom is 0.123 e. The van der Waals surface area contributed by atoms with E-state index in [0.29, 0.717) is 12.1 Å². The number of aromatic nitrogens is 1. The first-order valence-corrected chi connectivity index (χ1v) is 6.28. The topological polar surface area (TPSA) is 45.1 Å². The van der Waals surface area contributed by atoms with Crippen molar-refractivity contribution in [1.82, 2.24) is 4.98 Å². The van der Waals surface area contributed by atoms with Crippen molar-refractivity contribution in [2.24, 2.45) is 0 Å². The van der Waals surface area contributed by atoms with E-state index in [1.165, 1.54) is 18.2 Å². The average molecular weight is 268 g/mol. The molecule has 1 heterocycles. The molecular formula is C16H13FN2O. The maximum absolute atomic E-state index is 13.1. The summed E-state index contributed by atoms with van der Waals surface area (Å²) >= 11 is 0. The summed E-state index contributed by atoms with van der Waals surface area (Å²) in [5, 5.41) is 13.8. The van der Waals surface area contributed by atoms with Crippen LogP contribution in [0.4, 0.5) is 10.1 Å². The van der Waals surface area contributed by atoms with Gasteiger partial charge in [-0.15, -0.1) is 0 Å². The van der Waals surface area contributed by atoms with Gasteiger partial charge in [0.2, 0.25) is 0 Å². The Hall–Kier alpha value is -2.62. The molecule has 1 aromatic heterocycles. The van der Waals surface area contributed by atoms with E-state index in [4.69, 9.17) is 0 Å². The molecule has 0 aliphatic rings. The van der Waals surface area contributed by atoms with Crippen LogP contribution in [0, 0.1) is 5.82 Å². The number of para-hydroxylation sites is 1. The molecule has 2 N–H and O–H groups in total. The van der Waals surface area contributed by atoms with Gasteiger partial charge in [-0.3, -0.25) is 4.98 Å². The van der Waals surface area contributed by atoms with E-state index in [0.717, 1.165) is 16.6 Å². The van der Waals surface area contributed by atoms with Gasteiger partial charge in [-0.05, 0) is 30.3 Å². The lowest BCUT2D eigenvalue weighted by atomic mass is 10.2. The first-order chi connectivity index (χ1) is 9.72. The van der Waals surface area contributed by atoms with Crippen LogP contribution in [0.5, 0.6) is 5.75 Å². The fourth-order valence-electron chi connectivity index (χ4n) is 2.06. The molecule has 3 rings (SSSR count). The summed E-state index contributed by atoms with van der Waals surface area (Å²) < 4.78 is 13.1.